The number of nitrogens with one attached hydrogen (secondary N) is 1. The lowest BCUT2D eigenvalue weighted by atomic mass is 9.69. The van der Waals surface area contributed by atoms with Crippen molar-refractivity contribution in [2.75, 3.05) is 19.8 Å². The fourth-order valence-corrected chi connectivity index (χ4v) is 6.10. The molecule has 0 spiro atoms. The first-order valence-corrected chi connectivity index (χ1v) is 14.8. The number of Topliss-reactive ketones (excluding diaryl/α,β-unsaturated/α-hetero) is 1. The SMILES string of the molecule is CC(=O)C(C)(C)CC(C)(C)CCOC(C)(C)CCOC(C)(C)CC(C)(C)CC(C)(C)CC(=O)NCC(C)C. The fourth-order valence-electron chi connectivity index (χ4n) is 6.10. The van der Waals surface area contributed by atoms with E-state index in [9.17, 15) is 9.59 Å². The van der Waals surface area contributed by atoms with E-state index in [2.05, 4.69) is 88.4 Å². The van der Waals surface area contributed by atoms with Crippen LogP contribution in [0.3, 0.4) is 0 Å². The molecule has 1 N–H and O–H groups in total. The smallest absolute Gasteiger partial charge is 0.220 e. The number of hydrogen-bond donors (Lipinski definition) is 1. The van der Waals surface area contributed by atoms with Gasteiger partial charge in [-0.3, -0.25) is 9.59 Å². The van der Waals surface area contributed by atoms with Crippen LogP contribution >= 0.6 is 0 Å². The van der Waals surface area contributed by atoms with Crippen LogP contribution in [0, 0.1) is 27.6 Å². The quantitative estimate of drug-likeness (QED) is 0.179. The van der Waals surface area contributed by atoms with Crippen LogP contribution in [0.5, 0.6) is 0 Å². The van der Waals surface area contributed by atoms with E-state index < -0.39 is 0 Å². The largest absolute Gasteiger partial charge is 0.375 e. The highest BCUT2D eigenvalue weighted by Crippen LogP contribution is 2.42. The van der Waals surface area contributed by atoms with E-state index in [-0.39, 0.29) is 44.6 Å². The Morgan fingerprint density at radius 1 is 0.658 bits per heavy atom. The summed E-state index contributed by atoms with van der Waals surface area (Å²) in [5.41, 5.74) is -0.848. The van der Waals surface area contributed by atoms with Crippen molar-refractivity contribution in [2.45, 2.75) is 154 Å². The van der Waals surface area contributed by atoms with E-state index in [1.165, 1.54) is 0 Å². The van der Waals surface area contributed by atoms with Gasteiger partial charge in [0.1, 0.15) is 5.78 Å². The summed E-state index contributed by atoms with van der Waals surface area (Å²) < 4.78 is 12.7. The standard InChI is InChI=1S/C33H65NO4/c1-25(2)21-34-27(36)20-29(6,7)22-30(8,9)24-33(14,15)38-19-17-32(12,13)37-18-16-28(4,5)23-31(10,11)26(3)35/h25H,16-24H2,1-15H3,(H,34,36). The molecule has 0 heterocycles. The minimum absolute atomic E-state index is 0.0383. The van der Waals surface area contributed by atoms with Gasteiger partial charge in [-0.2, -0.15) is 0 Å². The van der Waals surface area contributed by atoms with Gasteiger partial charge in [0, 0.05) is 25.0 Å². The third-order valence-corrected chi connectivity index (χ3v) is 7.55. The molecular weight excluding hydrogens is 474 g/mol. The molecule has 0 aromatic carbocycles. The van der Waals surface area contributed by atoms with Crippen molar-refractivity contribution in [1.29, 1.82) is 0 Å². The van der Waals surface area contributed by atoms with Gasteiger partial charge < -0.3 is 14.8 Å². The van der Waals surface area contributed by atoms with Gasteiger partial charge in [-0.15, -0.1) is 0 Å². The van der Waals surface area contributed by atoms with Gasteiger partial charge in [-0.25, -0.2) is 0 Å². The summed E-state index contributed by atoms with van der Waals surface area (Å²) in [6, 6.07) is 0. The molecule has 0 aliphatic heterocycles. The third-order valence-electron chi connectivity index (χ3n) is 7.55. The summed E-state index contributed by atoms with van der Waals surface area (Å²) in [5, 5.41) is 3.06. The van der Waals surface area contributed by atoms with E-state index in [0.29, 0.717) is 25.6 Å². The van der Waals surface area contributed by atoms with Gasteiger partial charge in [-0.1, -0.05) is 69.2 Å². The van der Waals surface area contributed by atoms with E-state index in [0.717, 1.165) is 38.6 Å². The van der Waals surface area contributed by atoms with Crippen molar-refractivity contribution in [1.82, 2.24) is 5.32 Å². The van der Waals surface area contributed by atoms with Crippen LogP contribution in [0.15, 0.2) is 0 Å². The second-order valence-electron chi connectivity index (χ2n) is 16.6. The predicted octanol–water partition coefficient (Wildman–Crippen LogP) is 8.38. The Morgan fingerprint density at radius 3 is 1.66 bits per heavy atom. The fraction of sp³-hybridized carbons (Fsp3) is 0.939. The van der Waals surface area contributed by atoms with E-state index in [4.69, 9.17) is 9.47 Å². The highest BCUT2D eigenvalue weighted by atomic mass is 16.5. The number of carbonyl (C=O) groups is 2. The van der Waals surface area contributed by atoms with Crippen molar-refractivity contribution in [2.24, 2.45) is 27.6 Å². The Labute approximate surface area is 237 Å². The van der Waals surface area contributed by atoms with Crippen molar-refractivity contribution >= 4 is 11.7 Å². The molecule has 0 fully saturated rings. The molecular formula is C33H65NO4. The van der Waals surface area contributed by atoms with E-state index in [1.54, 1.807) is 6.92 Å². The molecule has 1 amide bonds. The third kappa shape index (κ3) is 16.9. The number of carbonyl (C=O) groups excluding carboxylic acids is 2. The summed E-state index contributed by atoms with van der Waals surface area (Å²) >= 11 is 0. The second kappa shape index (κ2) is 14.1. The molecule has 5 heteroatoms. The Morgan fingerprint density at radius 2 is 1.16 bits per heavy atom. The van der Waals surface area contributed by atoms with Gasteiger partial charge in [-0.05, 0) is 88.9 Å². The molecule has 226 valence electrons. The maximum Gasteiger partial charge on any atom is 0.220 e. The molecule has 0 saturated heterocycles. The summed E-state index contributed by atoms with van der Waals surface area (Å²) in [6.45, 7) is 34.0. The lowest BCUT2D eigenvalue weighted by Crippen LogP contribution is -2.38. The molecule has 0 aromatic rings. The molecule has 5 nitrogen and oxygen atoms in total. The van der Waals surface area contributed by atoms with Gasteiger partial charge >= 0.3 is 0 Å². The van der Waals surface area contributed by atoms with Crippen LogP contribution in [-0.4, -0.2) is 42.7 Å². The first-order valence-electron chi connectivity index (χ1n) is 14.8. The lowest BCUT2D eigenvalue weighted by molar-refractivity contribution is -0.127. The summed E-state index contributed by atoms with van der Waals surface area (Å²) in [5.74, 6) is 0.845. The van der Waals surface area contributed by atoms with Crippen LogP contribution in [-0.2, 0) is 19.1 Å². The molecule has 0 aliphatic rings. The average molecular weight is 540 g/mol. The van der Waals surface area contributed by atoms with Crippen molar-refractivity contribution in [3.8, 4) is 0 Å². The van der Waals surface area contributed by atoms with Crippen LogP contribution in [0.2, 0.25) is 0 Å². The van der Waals surface area contributed by atoms with Crippen LogP contribution in [0.1, 0.15) is 142 Å². The van der Waals surface area contributed by atoms with Crippen molar-refractivity contribution in [3.63, 3.8) is 0 Å². The number of ether oxygens (including phenoxy) is 2. The van der Waals surface area contributed by atoms with Gasteiger partial charge in [0.25, 0.3) is 0 Å². The molecule has 0 radical (unpaired) electrons. The zero-order valence-electron chi connectivity index (χ0n) is 28.1. The molecule has 0 atom stereocenters. The van der Waals surface area contributed by atoms with Crippen LogP contribution < -0.4 is 5.32 Å². The van der Waals surface area contributed by atoms with Crippen LogP contribution in [0.25, 0.3) is 0 Å². The Hall–Kier alpha value is -0.940. The zero-order valence-corrected chi connectivity index (χ0v) is 28.1. The first kappa shape index (κ1) is 37.1. The highest BCUT2D eigenvalue weighted by Gasteiger charge is 2.36. The maximum atomic E-state index is 12.4. The Balaban J connectivity index is 4.71. The molecule has 0 aromatic heterocycles. The number of ketones is 1. The van der Waals surface area contributed by atoms with Gasteiger partial charge in [0.05, 0.1) is 17.8 Å². The Bertz CT molecular complexity index is 744. The molecule has 0 bridgehead atoms. The van der Waals surface area contributed by atoms with Crippen molar-refractivity contribution < 1.29 is 19.1 Å². The number of rotatable bonds is 19. The lowest BCUT2D eigenvalue weighted by Gasteiger charge is -2.40. The van der Waals surface area contributed by atoms with Gasteiger partial charge in [0.15, 0.2) is 0 Å². The Kier molecular flexibility index (Phi) is 13.8. The summed E-state index contributed by atoms with van der Waals surface area (Å²) in [7, 11) is 0. The predicted molar refractivity (Wildman–Crippen MR) is 161 cm³/mol. The monoisotopic (exact) mass is 539 g/mol. The van der Waals surface area contributed by atoms with E-state index in [1.807, 2.05) is 13.8 Å². The molecule has 0 saturated carbocycles. The summed E-state index contributed by atoms with van der Waals surface area (Å²) in [6.07, 6.45) is 4.99. The molecule has 0 aliphatic carbocycles. The number of hydrogen-bond acceptors (Lipinski definition) is 4. The average Bonchev–Trinajstić information content (AvgIpc) is 2.61. The minimum Gasteiger partial charge on any atom is -0.375 e. The zero-order chi connectivity index (χ0) is 30.2. The van der Waals surface area contributed by atoms with Crippen LogP contribution in [0.4, 0.5) is 0 Å². The highest BCUT2D eigenvalue weighted by molar-refractivity contribution is 5.81. The second-order valence-corrected chi connectivity index (χ2v) is 16.6. The molecule has 38 heavy (non-hydrogen) atoms. The maximum absolute atomic E-state index is 12.4. The topological polar surface area (TPSA) is 64.6 Å². The molecule has 0 rings (SSSR count). The summed E-state index contributed by atoms with van der Waals surface area (Å²) in [4.78, 5) is 24.4. The first-order chi connectivity index (χ1) is 16.8. The molecule has 0 unspecified atom stereocenters. The van der Waals surface area contributed by atoms with Gasteiger partial charge in [0.2, 0.25) is 5.91 Å². The minimum atomic E-state index is -0.304. The number of amides is 1. The van der Waals surface area contributed by atoms with Crippen molar-refractivity contribution in [3.05, 3.63) is 0 Å². The van der Waals surface area contributed by atoms with E-state index >= 15 is 0 Å². The normalized spacial score (nSPS) is 14.2.